The number of fused-ring (bicyclic) bond motifs is 1. The van der Waals surface area contributed by atoms with E-state index in [-0.39, 0.29) is 0 Å². The summed E-state index contributed by atoms with van der Waals surface area (Å²) in [5.74, 6) is 0.876. The van der Waals surface area contributed by atoms with E-state index in [1.807, 2.05) is 19.2 Å². The molecule has 0 atom stereocenters. The lowest BCUT2D eigenvalue weighted by Gasteiger charge is -2.17. The summed E-state index contributed by atoms with van der Waals surface area (Å²) >= 11 is 5.42. The van der Waals surface area contributed by atoms with Gasteiger partial charge in [-0.25, -0.2) is 4.98 Å². The van der Waals surface area contributed by atoms with E-state index >= 15 is 0 Å². The SMILES string of the molecule is Cc1cnccc1-c1nc(=S)c2c([nH]1)CCCC2. The number of hydrogen-bond acceptors (Lipinski definition) is 3. The zero-order valence-corrected chi connectivity index (χ0v) is 11.2. The first-order valence-corrected chi connectivity index (χ1v) is 6.69. The van der Waals surface area contributed by atoms with E-state index in [4.69, 9.17) is 12.2 Å². The van der Waals surface area contributed by atoms with E-state index in [0.29, 0.717) is 0 Å². The van der Waals surface area contributed by atoms with Gasteiger partial charge in [-0.2, -0.15) is 0 Å². The van der Waals surface area contributed by atoms with Crippen LogP contribution in [0, 0.1) is 11.6 Å². The van der Waals surface area contributed by atoms with E-state index in [1.165, 1.54) is 24.1 Å². The maximum absolute atomic E-state index is 5.42. The molecule has 2 aromatic heterocycles. The van der Waals surface area contributed by atoms with Crippen LogP contribution in [0.3, 0.4) is 0 Å². The van der Waals surface area contributed by atoms with Crippen molar-refractivity contribution in [3.05, 3.63) is 39.9 Å². The van der Waals surface area contributed by atoms with Crippen LogP contribution in [-0.2, 0) is 12.8 Å². The molecular weight excluding hydrogens is 242 g/mol. The van der Waals surface area contributed by atoms with Crippen molar-refractivity contribution in [2.45, 2.75) is 32.6 Å². The van der Waals surface area contributed by atoms with Crippen LogP contribution in [0.5, 0.6) is 0 Å². The van der Waals surface area contributed by atoms with Crippen LogP contribution in [0.1, 0.15) is 29.7 Å². The van der Waals surface area contributed by atoms with E-state index < -0.39 is 0 Å². The Balaban J connectivity index is 2.17. The van der Waals surface area contributed by atoms with Crippen molar-refractivity contribution in [3.63, 3.8) is 0 Å². The van der Waals surface area contributed by atoms with Gasteiger partial charge in [-0.15, -0.1) is 0 Å². The van der Waals surface area contributed by atoms with Crippen molar-refractivity contribution in [1.29, 1.82) is 0 Å². The summed E-state index contributed by atoms with van der Waals surface area (Å²) in [6.07, 6.45) is 8.25. The fraction of sp³-hybridized carbons (Fsp3) is 0.357. The third-order valence-corrected chi connectivity index (χ3v) is 3.82. The standard InChI is InChI=1S/C14H15N3S/c1-9-8-15-7-6-10(9)13-16-12-5-3-2-4-11(12)14(18)17-13/h6-8H,2-5H2,1H3,(H,16,17,18). The molecule has 0 radical (unpaired) electrons. The second-order valence-electron chi connectivity index (χ2n) is 4.75. The van der Waals surface area contributed by atoms with Crippen LogP contribution < -0.4 is 0 Å². The second kappa shape index (κ2) is 4.61. The maximum Gasteiger partial charge on any atom is 0.139 e. The molecule has 18 heavy (non-hydrogen) atoms. The summed E-state index contributed by atoms with van der Waals surface area (Å²) in [5.41, 5.74) is 4.72. The molecule has 2 aromatic rings. The van der Waals surface area contributed by atoms with Crippen LogP contribution in [0.4, 0.5) is 0 Å². The molecule has 0 saturated heterocycles. The number of nitrogens with zero attached hydrogens (tertiary/aromatic N) is 2. The molecule has 2 heterocycles. The molecule has 1 aliphatic carbocycles. The van der Waals surface area contributed by atoms with E-state index in [1.54, 1.807) is 6.20 Å². The Kier molecular flexibility index (Phi) is 2.96. The van der Waals surface area contributed by atoms with Crippen molar-refractivity contribution in [2.24, 2.45) is 0 Å². The number of aromatic nitrogens is 3. The van der Waals surface area contributed by atoms with E-state index in [2.05, 4.69) is 15.0 Å². The lowest BCUT2D eigenvalue weighted by Crippen LogP contribution is -2.09. The predicted molar refractivity (Wildman–Crippen MR) is 74.0 cm³/mol. The summed E-state index contributed by atoms with van der Waals surface area (Å²) in [6, 6.07) is 1.98. The Labute approximate surface area is 111 Å². The maximum atomic E-state index is 5.42. The fourth-order valence-electron chi connectivity index (χ4n) is 2.49. The Morgan fingerprint density at radius 1 is 1.28 bits per heavy atom. The van der Waals surface area contributed by atoms with Gasteiger partial charge < -0.3 is 4.98 Å². The Bertz CT molecular complexity index is 646. The van der Waals surface area contributed by atoms with Crippen molar-refractivity contribution >= 4 is 12.2 Å². The van der Waals surface area contributed by atoms with Crippen LogP contribution >= 0.6 is 12.2 Å². The largest absolute Gasteiger partial charge is 0.343 e. The fourth-order valence-corrected chi connectivity index (χ4v) is 2.80. The minimum atomic E-state index is 0.759. The highest BCUT2D eigenvalue weighted by atomic mass is 32.1. The first-order chi connectivity index (χ1) is 8.75. The van der Waals surface area contributed by atoms with Crippen LogP contribution in [0.25, 0.3) is 11.4 Å². The number of aromatic amines is 1. The molecule has 0 bridgehead atoms. The summed E-state index contributed by atoms with van der Waals surface area (Å²) in [7, 11) is 0. The Hall–Kier alpha value is -1.55. The number of rotatable bonds is 1. The van der Waals surface area contributed by atoms with Crippen molar-refractivity contribution < 1.29 is 0 Å². The molecule has 1 aliphatic rings. The lowest BCUT2D eigenvalue weighted by molar-refractivity contribution is 0.661. The van der Waals surface area contributed by atoms with Gasteiger partial charge in [0.2, 0.25) is 0 Å². The summed E-state index contributed by atoms with van der Waals surface area (Å²) in [6.45, 7) is 2.04. The van der Waals surface area contributed by atoms with Gasteiger partial charge >= 0.3 is 0 Å². The van der Waals surface area contributed by atoms with Gasteiger partial charge in [-0.3, -0.25) is 4.98 Å². The molecule has 1 N–H and O–H groups in total. The minimum absolute atomic E-state index is 0.759. The quantitative estimate of drug-likeness (QED) is 0.796. The van der Waals surface area contributed by atoms with Gasteiger partial charge in [0.15, 0.2) is 0 Å². The molecule has 3 nitrogen and oxygen atoms in total. The van der Waals surface area contributed by atoms with Crippen LogP contribution in [-0.4, -0.2) is 15.0 Å². The average Bonchev–Trinajstić information content (AvgIpc) is 2.39. The first-order valence-electron chi connectivity index (χ1n) is 6.29. The number of pyridine rings is 1. The smallest absolute Gasteiger partial charge is 0.139 e. The number of hydrogen-bond donors (Lipinski definition) is 1. The highest BCUT2D eigenvalue weighted by molar-refractivity contribution is 7.71. The molecule has 0 saturated carbocycles. The molecule has 0 aliphatic heterocycles. The minimum Gasteiger partial charge on any atom is -0.343 e. The third-order valence-electron chi connectivity index (χ3n) is 3.48. The molecule has 4 heteroatoms. The summed E-state index contributed by atoms with van der Waals surface area (Å²) in [4.78, 5) is 12.1. The molecule has 0 amide bonds. The molecule has 0 unspecified atom stereocenters. The Morgan fingerprint density at radius 2 is 2.11 bits per heavy atom. The first kappa shape index (κ1) is 11.5. The van der Waals surface area contributed by atoms with Gasteiger partial charge in [0, 0.05) is 29.2 Å². The van der Waals surface area contributed by atoms with Crippen LogP contribution in [0.15, 0.2) is 18.5 Å². The molecule has 92 valence electrons. The zero-order chi connectivity index (χ0) is 12.5. The number of nitrogens with one attached hydrogen (secondary N) is 1. The third kappa shape index (κ3) is 1.97. The van der Waals surface area contributed by atoms with Crippen molar-refractivity contribution in [2.75, 3.05) is 0 Å². The van der Waals surface area contributed by atoms with Gasteiger partial charge in [0.1, 0.15) is 10.5 Å². The van der Waals surface area contributed by atoms with Crippen LogP contribution in [0.2, 0.25) is 0 Å². The van der Waals surface area contributed by atoms with Gasteiger partial charge in [0.25, 0.3) is 0 Å². The van der Waals surface area contributed by atoms with Gasteiger partial charge in [-0.1, -0.05) is 12.2 Å². The zero-order valence-electron chi connectivity index (χ0n) is 10.4. The molecule has 0 fully saturated rings. The molecule has 3 rings (SSSR count). The highest BCUT2D eigenvalue weighted by Crippen LogP contribution is 2.24. The predicted octanol–water partition coefficient (Wildman–Crippen LogP) is 3.39. The Morgan fingerprint density at radius 3 is 2.94 bits per heavy atom. The average molecular weight is 257 g/mol. The monoisotopic (exact) mass is 257 g/mol. The molecule has 0 spiro atoms. The summed E-state index contributed by atoms with van der Waals surface area (Å²) < 4.78 is 0.759. The number of H-pyrrole nitrogens is 1. The molecule has 0 aromatic carbocycles. The van der Waals surface area contributed by atoms with E-state index in [9.17, 15) is 0 Å². The normalized spacial score (nSPS) is 14.3. The lowest BCUT2D eigenvalue weighted by atomic mass is 9.97. The van der Waals surface area contributed by atoms with E-state index in [0.717, 1.165) is 34.4 Å². The highest BCUT2D eigenvalue weighted by Gasteiger charge is 2.14. The summed E-state index contributed by atoms with van der Waals surface area (Å²) in [5, 5.41) is 0. The number of aryl methyl sites for hydroxylation is 2. The van der Waals surface area contributed by atoms with Crippen molar-refractivity contribution in [1.82, 2.24) is 15.0 Å². The van der Waals surface area contributed by atoms with Crippen molar-refractivity contribution in [3.8, 4) is 11.4 Å². The van der Waals surface area contributed by atoms with Gasteiger partial charge in [0.05, 0.1) is 0 Å². The molecular formula is C14H15N3S. The topological polar surface area (TPSA) is 41.6 Å². The second-order valence-corrected chi connectivity index (χ2v) is 5.13. The van der Waals surface area contributed by atoms with Gasteiger partial charge in [-0.05, 0) is 44.2 Å².